The molecule has 13 heavy (non-hydrogen) atoms. The molecular formula is C10H18O3. The SMILES string of the molecule is CC1=CCC(O)C(C(C)C(O)O)C1. The molecule has 0 spiro atoms. The van der Waals surface area contributed by atoms with Crippen molar-refractivity contribution in [3.05, 3.63) is 11.6 Å². The van der Waals surface area contributed by atoms with Gasteiger partial charge in [-0.15, -0.1) is 0 Å². The summed E-state index contributed by atoms with van der Waals surface area (Å²) in [7, 11) is 0. The average molecular weight is 186 g/mol. The smallest absolute Gasteiger partial charge is 0.154 e. The quantitative estimate of drug-likeness (QED) is 0.438. The molecule has 3 heteroatoms. The van der Waals surface area contributed by atoms with E-state index < -0.39 is 12.4 Å². The first-order valence-corrected chi connectivity index (χ1v) is 4.72. The van der Waals surface area contributed by atoms with E-state index in [9.17, 15) is 5.11 Å². The summed E-state index contributed by atoms with van der Waals surface area (Å²) in [5.41, 5.74) is 1.22. The van der Waals surface area contributed by atoms with Crippen LogP contribution in [0.15, 0.2) is 11.6 Å². The highest BCUT2D eigenvalue weighted by Gasteiger charge is 2.30. The normalized spacial score (nSPS) is 31.7. The molecule has 76 valence electrons. The molecule has 0 fully saturated rings. The number of rotatable bonds is 2. The van der Waals surface area contributed by atoms with E-state index in [1.165, 1.54) is 5.57 Å². The van der Waals surface area contributed by atoms with Crippen LogP contribution in [0.25, 0.3) is 0 Å². The van der Waals surface area contributed by atoms with Crippen LogP contribution >= 0.6 is 0 Å². The van der Waals surface area contributed by atoms with Gasteiger partial charge in [0.25, 0.3) is 0 Å². The van der Waals surface area contributed by atoms with Crippen LogP contribution in [0.2, 0.25) is 0 Å². The molecule has 3 N–H and O–H groups in total. The highest BCUT2D eigenvalue weighted by Crippen LogP contribution is 2.31. The fourth-order valence-electron chi connectivity index (χ4n) is 1.85. The summed E-state index contributed by atoms with van der Waals surface area (Å²) in [6, 6.07) is 0. The van der Waals surface area contributed by atoms with Gasteiger partial charge in [0.05, 0.1) is 6.10 Å². The van der Waals surface area contributed by atoms with E-state index in [2.05, 4.69) is 0 Å². The van der Waals surface area contributed by atoms with Crippen LogP contribution in [0.5, 0.6) is 0 Å². The topological polar surface area (TPSA) is 60.7 Å². The molecule has 0 aliphatic heterocycles. The van der Waals surface area contributed by atoms with Crippen LogP contribution < -0.4 is 0 Å². The minimum Gasteiger partial charge on any atom is -0.392 e. The van der Waals surface area contributed by atoms with Gasteiger partial charge < -0.3 is 15.3 Å². The zero-order chi connectivity index (χ0) is 10.0. The van der Waals surface area contributed by atoms with Gasteiger partial charge in [0.2, 0.25) is 0 Å². The van der Waals surface area contributed by atoms with Crippen LogP contribution in [-0.4, -0.2) is 27.7 Å². The van der Waals surface area contributed by atoms with E-state index in [0.29, 0.717) is 6.42 Å². The van der Waals surface area contributed by atoms with Crippen molar-refractivity contribution in [3.63, 3.8) is 0 Å². The second-order valence-corrected chi connectivity index (χ2v) is 3.99. The Balaban J connectivity index is 2.64. The Labute approximate surface area is 78.7 Å². The van der Waals surface area contributed by atoms with Crippen LogP contribution in [0, 0.1) is 11.8 Å². The molecule has 1 aliphatic carbocycles. The van der Waals surface area contributed by atoms with Crippen molar-refractivity contribution in [3.8, 4) is 0 Å². The van der Waals surface area contributed by atoms with E-state index in [-0.39, 0.29) is 11.8 Å². The van der Waals surface area contributed by atoms with E-state index >= 15 is 0 Å². The predicted octanol–water partition coefficient (Wildman–Crippen LogP) is 0.650. The van der Waals surface area contributed by atoms with Gasteiger partial charge >= 0.3 is 0 Å². The molecule has 1 aliphatic rings. The maximum atomic E-state index is 9.64. The summed E-state index contributed by atoms with van der Waals surface area (Å²) in [5, 5.41) is 27.6. The van der Waals surface area contributed by atoms with Gasteiger partial charge in [0.15, 0.2) is 6.29 Å². The van der Waals surface area contributed by atoms with Gasteiger partial charge in [-0.1, -0.05) is 18.6 Å². The molecule has 0 amide bonds. The largest absolute Gasteiger partial charge is 0.392 e. The van der Waals surface area contributed by atoms with E-state index in [4.69, 9.17) is 10.2 Å². The van der Waals surface area contributed by atoms with E-state index in [1.54, 1.807) is 6.92 Å². The van der Waals surface area contributed by atoms with Gasteiger partial charge in [-0.05, 0) is 25.7 Å². The van der Waals surface area contributed by atoms with Crippen LogP contribution in [0.1, 0.15) is 26.7 Å². The van der Waals surface area contributed by atoms with Gasteiger partial charge in [-0.3, -0.25) is 0 Å². The molecule has 3 nitrogen and oxygen atoms in total. The Morgan fingerprint density at radius 2 is 2.08 bits per heavy atom. The molecule has 0 aromatic rings. The Kier molecular flexibility index (Phi) is 3.47. The zero-order valence-corrected chi connectivity index (χ0v) is 8.14. The summed E-state index contributed by atoms with van der Waals surface area (Å²) < 4.78 is 0. The van der Waals surface area contributed by atoms with Crippen molar-refractivity contribution < 1.29 is 15.3 Å². The van der Waals surface area contributed by atoms with Crippen molar-refractivity contribution in [1.29, 1.82) is 0 Å². The third-order valence-corrected chi connectivity index (χ3v) is 2.91. The molecule has 3 unspecified atom stereocenters. The molecule has 0 saturated heterocycles. The Hall–Kier alpha value is -0.380. The Bertz CT molecular complexity index is 198. The standard InChI is InChI=1S/C10H18O3/c1-6-3-4-9(11)8(5-6)7(2)10(12)13/h3,7-13H,4-5H2,1-2H3. The van der Waals surface area contributed by atoms with Gasteiger partial charge in [-0.25, -0.2) is 0 Å². The van der Waals surface area contributed by atoms with Gasteiger partial charge in [-0.2, -0.15) is 0 Å². The summed E-state index contributed by atoms with van der Waals surface area (Å²) in [5.74, 6) is -0.288. The molecule has 0 heterocycles. The molecular weight excluding hydrogens is 168 g/mol. The minimum absolute atomic E-state index is 0.0231. The lowest BCUT2D eigenvalue weighted by molar-refractivity contribution is -0.111. The maximum Gasteiger partial charge on any atom is 0.154 e. The summed E-state index contributed by atoms with van der Waals surface area (Å²) in [6.45, 7) is 3.77. The Morgan fingerprint density at radius 3 is 2.62 bits per heavy atom. The summed E-state index contributed by atoms with van der Waals surface area (Å²) in [4.78, 5) is 0. The van der Waals surface area contributed by atoms with Crippen molar-refractivity contribution in [1.82, 2.24) is 0 Å². The number of aliphatic hydroxyl groups excluding tert-OH is 2. The first kappa shape index (κ1) is 10.7. The van der Waals surface area contributed by atoms with Crippen LogP contribution in [0.4, 0.5) is 0 Å². The number of allylic oxidation sites excluding steroid dienone is 1. The van der Waals surface area contributed by atoms with E-state index in [1.807, 2.05) is 13.0 Å². The molecule has 3 atom stereocenters. The van der Waals surface area contributed by atoms with Crippen molar-refractivity contribution in [2.45, 2.75) is 39.1 Å². The van der Waals surface area contributed by atoms with Crippen LogP contribution in [-0.2, 0) is 0 Å². The molecule has 0 radical (unpaired) electrons. The highest BCUT2D eigenvalue weighted by molar-refractivity contribution is 5.06. The monoisotopic (exact) mass is 186 g/mol. The maximum absolute atomic E-state index is 9.64. The molecule has 0 saturated carbocycles. The number of hydrogen-bond acceptors (Lipinski definition) is 3. The summed E-state index contributed by atoms with van der Waals surface area (Å²) >= 11 is 0. The third-order valence-electron chi connectivity index (χ3n) is 2.91. The number of aliphatic hydroxyl groups is 3. The third kappa shape index (κ3) is 2.53. The first-order valence-electron chi connectivity index (χ1n) is 4.72. The number of hydrogen-bond donors (Lipinski definition) is 3. The highest BCUT2D eigenvalue weighted by atomic mass is 16.5. The lowest BCUT2D eigenvalue weighted by Gasteiger charge is -2.32. The Morgan fingerprint density at radius 1 is 1.46 bits per heavy atom. The minimum atomic E-state index is -1.33. The molecule has 1 rings (SSSR count). The zero-order valence-electron chi connectivity index (χ0n) is 8.14. The van der Waals surface area contributed by atoms with Gasteiger partial charge in [0, 0.05) is 5.92 Å². The van der Waals surface area contributed by atoms with E-state index in [0.717, 1.165) is 6.42 Å². The lowest BCUT2D eigenvalue weighted by atomic mass is 9.79. The van der Waals surface area contributed by atoms with Gasteiger partial charge in [0.1, 0.15) is 0 Å². The molecule has 0 bridgehead atoms. The first-order chi connectivity index (χ1) is 6.02. The average Bonchev–Trinajstić information content (AvgIpc) is 2.08. The predicted molar refractivity (Wildman–Crippen MR) is 49.9 cm³/mol. The second kappa shape index (κ2) is 4.22. The molecule has 0 aromatic carbocycles. The molecule has 0 aromatic heterocycles. The van der Waals surface area contributed by atoms with Crippen molar-refractivity contribution in [2.24, 2.45) is 11.8 Å². The van der Waals surface area contributed by atoms with Crippen LogP contribution in [0.3, 0.4) is 0 Å². The van der Waals surface area contributed by atoms with Crippen molar-refractivity contribution >= 4 is 0 Å². The fourth-order valence-corrected chi connectivity index (χ4v) is 1.85. The second-order valence-electron chi connectivity index (χ2n) is 3.99. The fraction of sp³-hybridized carbons (Fsp3) is 0.800. The van der Waals surface area contributed by atoms with Crippen molar-refractivity contribution in [2.75, 3.05) is 0 Å². The summed E-state index contributed by atoms with van der Waals surface area (Å²) in [6.07, 6.45) is 1.65. The lowest BCUT2D eigenvalue weighted by Crippen LogP contribution is -2.35.